The molecule has 0 unspecified atom stereocenters. The van der Waals surface area contributed by atoms with E-state index in [9.17, 15) is 14.9 Å². The van der Waals surface area contributed by atoms with Crippen LogP contribution in [0.3, 0.4) is 0 Å². The van der Waals surface area contributed by atoms with Crippen LogP contribution in [0.5, 0.6) is 5.75 Å². The molecule has 2 rings (SSSR count). The first-order chi connectivity index (χ1) is 11.0. The number of hydrogen-bond acceptors (Lipinski definition) is 4. The van der Waals surface area contributed by atoms with Gasteiger partial charge in [-0.25, -0.2) is 0 Å². The number of halogens is 1. The van der Waals surface area contributed by atoms with Crippen molar-refractivity contribution in [2.24, 2.45) is 0 Å². The number of nitrogens with one attached hydrogen (secondary N) is 1. The second-order valence-corrected chi connectivity index (χ2v) is 5.43. The number of anilines is 1. The largest absolute Gasteiger partial charge is 0.496 e. The fraction of sp³-hybridized carbons (Fsp3) is 0.0625. The maximum absolute atomic E-state index is 11.9. The number of methoxy groups -OCH3 is 1. The molecule has 0 saturated heterocycles. The lowest BCUT2D eigenvalue weighted by Gasteiger charge is -2.05. The van der Waals surface area contributed by atoms with Crippen molar-refractivity contribution < 1.29 is 14.5 Å². The molecule has 0 bridgehead atoms. The van der Waals surface area contributed by atoms with Crippen LogP contribution in [-0.2, 0) is 4.79 Å². The van der Waals surface area contributed by atoms with E-state index in [1.807, 2.05) is 12.1 Å². The molecule has 23 heavy (non-hydrogen) atoms. The quantitative estimate of drug-likeness (QED) is 0.485. The first-order valence-corrected chi connectivity index (χ1v) is 7.36. The predicted molar refractivity (Wildman–Crippen MR) is 91.5 cm³/mol. The first-order valence-electron chi connectivity index (χ1n) is 6.56. The molecular formula is C16H13BrN2O4. The van der Waals surface area contributed by atoms with Crippen LogP contribution < -0.4 is 10.1 Å². The fourth-order valence-electron chi connectivity index (χ4n) is 1.88. The number of hydrogen-bond donors (Lipinski definition) is 1. The maximum atomic E-state index is 11.9. The molecule has 1 amide bonds. The van der Waals surface area contributed by atoms with Gasteiger partial charge < -0.3 is 10.1 Å². The third-order valence-electron chi connectivity index (χ3n) is 2.93. The monoisotopic (exact) mass is 376 g/mol. The standard InChI is InChI=1S/C16H13BrN2O4/c1-23-15-7-6-12(17)9-11(15)5-8-16(20)18-13-3-2-4-14(10-13)19(21)22/h2-10H,1H3,(H,18,20)/b8-5+. The van der Waals surface area contributed by atoms with E-state index in [1.165, 1.54) is 24.3 Å². The number of ether oxygens (including phenoxy) is 1. The van der Waals surface area contributed by atoms with Crippen LogP contribution in [-0.4, -0.2) is 17.9 Å². The van der Waals surface area contributed by atoms with E-state index in [2.05, 4.69) is 21.2 Å². The smallest absolute Gasteiger partial charge is 0.271 e. The average molecular weight is 377 g/mol. The van der Waals surface area contributed by atoms with Gasteiger partial charge in [-0.3, -0.25) is 14.9 Å². The maximum Gasteiger partial charge on any atom is 0.271 e. The number of non-ortho nitro benzene ring substituents is 1. The Balaban J connectivity index is 2.12. The van der Waals surface area contributed by atoms with Crippen LogP contribution >= 0.6 is 15.9 Å². The number of nitro benzene ring substituents is 1. The molecule has 1 N–H and O–H groups in total. The average Bonchev–Trinajstić information content (AvgIpc) is 2.53. The summed E-state index contributed by atoms with van der Waals surface area (Å²) in [4.78, 5) is 22.1. The van der Waals surface area contributed by atoms with E-state index < -0.39 is 10.8 Å². The Kier molecular flexibility index (Phi) is 5.48. The summed E-state index contributed by atoms with van der Waals surface area (Å²) in [5, 5.41) is 13.3. The third kappa shape index (κ3) is 4.65. The number of benzene rings is 2. The zero-order valence-electron chi connectivity index (χ0n) is 12.2. The van der Waals surface area contributed by atoms with Gasteiger partial charge in [-0.1, -0.05) is 22.0 Å². The van der Waals surface area contributed by atoms with Crippen LogP contribution in [0.2, 0.25) is 0 Å². The van der Waals surface area contributed by atoms with Crippen molar-refractivity contribution in [3.8, 4) is 5.75 Å². The van der Waals surface area contributed by atoms with Crippen LogP contribution in [0, 0.1) is 10.1 Å². The molecule has 0 aliphatic heterocycles. The summed E-state index contributed by atoms with van der Waals surface area (Å²) in [7, 11) is 1.55. The predicted octanol–water partition coefficient (Wildman–Crippen LogP) is 4.02. The summed E-state index contributed by atoms with van der Waals surface area (Å²) in [6.07, 6.45) is 2.94. The highest BCUT2D eigenvalue weighted by Gasteiger charge is 2.07. The minimum absolute atomic E-state index is 0.0829. The Hall–Kier alpha value is -2.67. The molecule has 2 aromatic rings. The molecule has 0 atom stereocenters. The Morgan fingerprint density at radius 3 is 2.78 bits per heavy atom. The molecular weight excluding hydrogens is 364 g/mol. The van der Waals surface area contributed by atoms with Gasteiger partial charge in [0.1, 0.15) is 5.75 Å². The first kappa shape index (κ1) is 16.7. The fourth-order valence-corrected chi connectivity index (χ4v) is 2.26. The molecule has 6 nitrogen and oxygen atoms in total. The molecule has 0 heterocycles. The van der Waals surface area contributed by atoms with Crippen molar-refractivity contribution in [2.45, 2.75) is 0 Å². The summed E-state index contributed by atoms with van der Waals surface area (Å²) >= 11 is 3.35. The van der Waals surface area contributed by atoms with Crippen LogP contribution in [0.15, 0.2) is 53.0 Å². The molecule has 0 fully saturated rings. The number of rotatable bonds is 5. The lowest BCUT2D eigenvalue weighted by atomic mass is 10.2. The molecule has 118 valence electrons. The topological polar surface area (TPSA) is 81.5 Å². The minimum Gasteiger partial charge on any atom is -0.496 e. The van der Waals surface area contributed by atoms with Gasteiger partial charge in [0.05, 0.1) is 12.0 Å². The zero-order valence-corrected chi connectivity index (χ0v) is 13.7. The van der Waals surface area contributed by atoms with E-state index in [-0.39, 0.29) is 5.69 Å². The highest BCUT2D eigenvalue weighted by Crippen LogP contribution is 2.24. The van der Waals surface area contributed by atoms with Gasteiger partial charge >= 0.3 is 0 Å². The zero-order chi connectivity index (χ0) is 16.8. The lowest BCUT2D eigenvalue weighted by molar-refractivity contribution is -0.384. The van der Waals surface area contributed by atoms with Gasteiger partial charge in [-0.05, 0) is 30.3 Å². The number of amides is 1. The molecule has 0 spiro atoms. The van der Waals surface area contributed by atoms with Crippen molar-refractivity contribution in [1.29, 1.82) is 0 Å². The number of carbonyl (C=O) groups excluding carboxylic acids is 1. The second kappa shape index (κ2) is 7.55. The third-order valence-corrected chi connectivity index (χ3v) is 3.42. The number of nitrogens with zero attached hydrogens (tertiary/aromatic N) is 1. The summed E-state index contributed by atoms with van der Waals surface area (Å²) in [6, 6.07) is 11.2. The van der Waals surface area contributed by atoms with E-state index >= 15 is 0 Å². The Morgan fingerprint density at radius 1 is 1.30 bits per heavy atom. The Bertz CT molecular complexity index is 774. The van der Waals surface area contributed by atoms with E-state index in [1.54, 1.807) is 25.3 Å². The molecule has 2 aromatic carbocycles. The minimum atomic E-state index is -0.516. The Morgan fingerprint density at radius 2 is 2.09 bits per heavy atom. The van der Waals surface area contributed by atoms with Gasteiger partial charge in [0.15, 0.2) is 0 Å². The summed E-state index contributed by atoms with van der Waals surface area (Å²) in [6.45, 7) is 0. The Labute approximate surface area is 141 Å². The lowest BCUT2D eigenvalue weighted by Crippen LogP contribution is -2.07. The normalized spacial score (nSPS) is 10.5. The van der Waals surface area contributed by atoms with Crippen molar-refractivity contribution in [3.63, 3.8) is 0 Å². The van der Waals surface area contributed by atoms with Gasteiger partial charge in [0, 0.05) is 33.9 Å². The van der Waals surface area contributed by atoms with Crippen molar-refractivity contribution in [2.75, 3.05) is 12.4 Å². The van der Waals surface area contributed by atoms with Crippen LogP contribution in [0.25, 0.3) is 6.08 Å². The molecule has 0 aliphatic carbocycles. The molecule has 7 heteroatoms. The van der Waals surface area contributed by atoms with Crippen LogP contribution in [0.1, 0.15) is 5.56 Å². The summed E-state index contributed by atoms with van der Waals surface area (Å²) in [5.74, 6) is 0.236. The highest BCUT2D eigenvalue weighted by molar-refractivity contribution is 9.10. The van der Waals surface area contributed by atoms with E-state index in [4.69, 9.17) is 4.74 Å². The number of nitro groups is 1. The SMILES string of the molecule is COc1ccc(Br)cc1/C=C/C(=O)Nc1cccc([N+](=O)[O-])c1. The van der Waals surface area contributed by atoms with Crippen molar-refractivity contribution in [3.05, 3.63) is 68.7 Å². The van der Waals surface area contributed by atoms with Gasteiger partial charge in [-0.15, -0.1) is 0 Å². The molecule has 0 aliphatic rings. The highest BCUT2D eigenvalue weighted by atomic mass is 79.9. The van der Waals surface area contributed by atoms with E-state index in [0.717, 1.165) is 10.0 Å². The number of carbonyl (C=O) groups is 1. The van der Waals surface area contributed by atoms with Gasteiger partial charge in [0.2, 0.25) is 5.91 Å². The van der Waals surface area contributed by atoms with Crippen LogP contribution in [0.4, 0.5) is 11.4 Å². The summed E-state index contributed by atoms with van der Waals surface area (Å²) < 4.78 is 6.07. The van der Waals surface area contributed by atoms with Crippen molar-refractivity contribution in [1.82, 2.24) is 0 Å². The molecule has 0 radical (unpaired) electrons. The van der Waals surface area contributed by atoms with Gasteiger partial charge in [0.25, 0.3) is 5.69 Å². The van der Waals surface area contributed by atoms with Crippen molar-refractivity contribution >= 4 is 39.3 Å². The van der Waals surface area contributed by atoms with Gasteiger partial charge in [-0.2, -0.15) is 0 Å². The summed E-state index contributed by atoms with van der Waals surface area (Å²) in [5.41, 5.74) is 1.01. The van der Waals surface area contributed by atoms with E-state index in [0.29, 0.717) is 11.4 Å². The molecule has 0 aromatic heterocycles. The second-order valence-electron chi connectivity index (χ2n) is 4.52. The molecule has 0 saturated carbocycles.